The van der Waals surface area contributed by atoms with Crippen LogP contribution in [0.2, 0.25) is 5.02 Å². The largest absolute Gasteiger partial charge is 0.179 e. The molecule has 27 heavy (non-hydrogen) atoms. The van der Waals surface area contributed by atoms with E-state index in [4.69, 9.17) is 11.6 Å². The van der Waals surface area contributed by atoms with E-state index in [0.717, 1.165) is 9.50 Å². The Morgan fingerprint density at radius 3 is 1.52 bits per heavy atom. The van der Waals surface area contributed by atoms with Gasteiger partial charge >= 0.3 is 0 Å². The Labute approximate surface area is 174 Å². The minimum atomic E-state index is -2.48. The van der Waals surface area contributed by atoms with Crippen molar-refractivity contribution >= 4 is 56.4 Å². The number of benzene rings is 4. The van der Waals surface area contributed by atoms with Crippen molar-refractivity contribution in [2.24, 2.45) is 0 Å². The fourth-order valence-electron chi connectivity index (χ4n) is 3.82. The van der Waals surface area contributed by atoms with E-state index in [2.05, 4.69) is 119 Å². The van der Waals surface area contributed by atoms with Crippen LogP contribution in [0.15, 0.2) is 114 Å². The average molecular weight is 450 g/mol. The molecule has 0 fully saturated rings. The Kier molecular flexibility index (Phi) is 5.30. The molecule has 3 heteroatoms. The van der Waals surface area contributed by atoms with Crippen molar-refractivity contribution in [3.8, 4) is 0 Å². The van der Waals surface area contributed by atoms with Crippen molar-refractivity contribution in [1.29, 1.82) is 0 Å². The van der Waals surface area contributed by atoms with Gasteiger partial charge in [-0.15, -0.1) is 0 Å². The van der Waals surface area contributed by atoms with Gasteiger partial charge < -0.3 is 0 Å². The normalized spacial score (nSPS) is 11.3. The number of hydrogen-bond acceptors (Lipinski definition) is 0. The van der Waals surface area contributed by atoms with Gasteiger partial charge in [0, 0.05) is 9.50 Å². The van der Waals surface area contributed by atoms with Crippen molar-refractivity contribution in [2.75, 3.05) is 0 Å². The van der Waals surface area contributed by atoms with Gasteiger partial charge in [-0.05, 0) is 45.0 Å². The molecule has 0 aromatic heterocycles. The van der Waals surface area contributed by atoms with E-state index in [0.29, 0.717) is 0 Å². The zero-order valence-corrected chi connectivity index (χ0v) is 18.0. The number of hydrogen-bond donors (Lipinski definition) is 0. The van der Waals surface area contributed by atoms with Gasteiger partial charge in [-0.25, -0.2) is 0 Å². The summed E-state index contributed by atoms with van der Waals surface area (Å²) in [4.78, 5) is 0. The molecule has 0 aliphatic rings. The first-order valence-electron chi connectivity index (χ1n) is 8.84. The van der Waals surface area contributed by atoms with Crippen molar-refractivity contribution in [1.82, 2.24) is 0 Å². The molecule has 4 aromatic carbocycles. The Bertz CT molecular complexity index is 961. The first-order valence-corrected chi connectivity index (χ1v) is 12.0. The van der Waals surface area contributed by atoms with Crippen molar-refractivity contribution in [3.63, 3.8) is 0 Å². The number of rotatable bonds is 4. The highest BCUT2D eigenvalue weighted by atomic mass is 79.9. The second-order valence-electron chi connectivity index (χ2n) is 6.50. The summed E-state index contributed by atoms with van der Waals surface area (Å²) >= 11 is 10.1. The minimum absolute atomic E-state index is 0.770. The van der Waals surface area contributed by atoms with Crippen LogP contribution in [0.1, 0.15) is 0 Å². The van der Waals surface area contributed by atoms with Crippen molar-refractivity contribution in [2.45, 2.75) is 0 Å². The van der Waals surface area contributed by atoms with Gasteiger partial charge in [-0.1, -0.05) is 112 Å². The molecule has 0 bridgehead atoms. The van der Waals surface area contributed by atoms with Gasteiger partial charge in [-0.2, -0.15) is 0 Å². The van der Waals surface area contributed by atoms with Gasteiger partial charge in [0.05, 0.1) is 0 Å². The fourth-order valence-corrected chi connectivity index (χ4v) is 9.53. The van der Waals surface area contributed by atoms with Gasteiger partial charge in [0.1, 0.15) is 0 Å². The molecule has 0 heterocycles. The van der Waals surface area contributed by atoms with E-state index in [1.807, 2.05) is 6.07 Å². The topological polar surface area (TPSA) is 0 Å². The van der Waals surface area contributed by atoms with Gasteiger partial charge in [0.2, 0.25) is 0 Å². The maximum Gasteiger partial charge on any atom is 0.179 e. The molecule has 0 atom stereocenters. The summed E-state index contributed by atoms with van der Waals surface area (Å²) in [6, 6.07) is 38.7. The highest BCUT2D eigenvalue weighted by molar-refractivity contribution is 9.10. The summed E-state index contributed by atoms with van der Waals surface area (Å²) in [6.07, 6.45) is 0. The van der Waals surface area contributed by atoms with Crippen LogP contribution in [0, 0.1) is 0 Å². The second kappa shape index (κ2) is 7.85. The third kappa shape index (κ3) is 3.41. The maximum absolute atomic E-state index is 6.46. The van der Waals surface area contributed by atoms with Gasteiger partial charge in [0.25, 0.3) is 0 Å². The first-order chi connectivity index (χ1) is 13.2. The molecule has 132 valence electrons. The lowest BCUT2D eigenvalue weighted by molar-refractivity contribution is 1.64. The Morgan fingerprint density at radius 1 is 0.519 bits per heavy atom. The Morgan fingerprint density at radius 2 is 1.00 bits per heavy atom. The average Bonchev–Trinajstić information content (AvgIpc) is 2.71. The summed E-state index contributed by atoms with van der Waals surface area (Å²) in [7, 11) is -2.48. The molecule has 0 nitrogen and oxygen atoms in total. The Hall–Kier alpha value is -2.13. The molecule has 0 spiro atoms. The molecular weight excluding hydrogens is 432 g/mol. The van der Waals surface area contributed by atoms with Crippen LogP contribution in [0.5, 0.6) is 0 Å². The quantitative estimate of drug-likeness (QED) is 0.318. The molecule has 0 unspecified atom stereocenters. The van der Waals surface area contributed by atoms with E-state index in [1.165, 1.54) is 20.7 Å². The van der Waals surface area contributed by atoms with E-state index in [-0.39, 0.29) is 0 Å². The third-order valence-electron chi connectivity index (χ3n) is 4.93. The summed E-state index contributed by atoms with van der Waals surface area (Å²) in [6.45, 7) is 0. The molecule has 0 saturated carbocycles. The highest BCUT2D eigenvalue weighted by Crippen LogP contribution is 2.15. The van der Waals surface area contributed by atoms with Crippen LogP contribution in [0.3, 0.4) is 0 Å². The predicted octanol–water partition coefficient (Wildman–Crippen LogP) is 4.48. The van der Waals surface area contributed by atoms with E-state index in [9.17, 15) is 0 Å². The molecule has 4 rings (SSSR count). The summed E-state index contributed by atoms with van der Waals surface area (Å²) < 4.78 is 1.09. The lowest BCUT2D eigenvalue weighted by Crippen LogP contribution is -2.74. The highest BCUT2D eigenvalue weighted by Gasteiger charge is 2.41. The first kappa shape index (κ1) is 18.2. The lowest BCUT2D eigenvalue weighted by atomic mass is 10.3. The van der Waals surface area contributed by atoms with Crippen LogP contribution in [-0.4, -0.2) is 8.07 Å². The lowest BCUT2D eigenvalue weighted by Gasteiger charge is -2.34. The predicted molar refractivity (Wildman–Crippen MR) is 123 cm³/mol. The Balaban J connectivity index is 2.16. The summed E-state index contributed by atoms with van der Waals surface area (Å²) in [5.74, 6) is 0. The molecule has 0 aliphatic carbocycles. The van der Waals surface area contributed by atoms with Gasteiger partial charge in [0.15, 0.2) is 8.07 Å². The monoisotopic (exact) mass is 448 g/mol. The molecule has 0 amide bonds. The second-order valence-corrected chi connectivity index (χ2v) is 11.7. The van der Waals surface area contributed by atoms with Crippen LogP contribution in [-0.2, 0) is 0 Å². The fraction of sp³-hybridized carbons (Fsp3) is 0. The zero-order valence-electron chi connectivity index (χ0n) is 14.6. The molecule has 0 radical (unpaired) electrons. The molecular formula is C24H18BrClSi. The van der Waals surface area contributed by atoms with Crippen molar-refractivity contribution < 1.29 is 0 Å². The van der Waals surface area contributed by atoms with E-state index >= 15 is 0 Å². The van der Waals surface area contributed by atoms with Gasteiger partial charge in [-0.3, -0.25) is 0 Å². The van der Waals surface area contributed by atoms with Crippen LogP contribution < -0.4 is 20.7 Å². The smallest absolute Gasteiger partial charge is 0.0843 e. The SMILES string of the molecule is Clc1cccc([Si](c2ccccc2)(c2ccccc2)c2cccc(Br)c2)c1. The summed E-state index contributed by atoms with van der Waals surface area (Å²) in [5, 5.41) is 6.07. The maximum atomic E-state index is 6.46. The standard InChI is InChI=1S/C24H18BrClSi/c25-19-9-7-15-23(17-19)27(21-11-3-1-4-12-21,22-13-5-2-6-14-22)24-16-8-10-20(26)18-24/h1-18H. The molecule has 0 N–H and O–H groups in total. The van der Waals surface area contributed by atoms with Crippen LogP contribution >= 0.6 is 27.5 Å². The van der Waals surface area contributed by atoms with Crippen molar-refractivity contribution in [3.05, 3.63) is 119 Å². The zero-order chi connectivity index (χ0) is 18.7. The van der Waals surface area contributed by atoms with E-state index < -0.39 is 8.07 Å². The number of halogens is 2. The third-order valence-corrected chi connectivity index (χ3v) is 10.4. The molecule has 0 aliphatic heterocycles. The molecule has 0 saturated heterocycles. The minimum Gasteiger partial charge on any atom is -0.0843 e. The summed E-state index contributed by atoms with van der Waals surface area (Å²) in [5.41, 5.74) is 0. The van der Waals surface area contributed by atoms with E-state index in [1.54, 1.807) is 0 Å². The van der Waals surface area contributed by atoms with Crippen LogP contribution in [0.25, 0.3) is 0 Å². The molecule has 4 aromatic rings. The van der Waals surface area contributed by atoms with Crippen LogP contribution in [0.4, 0.5) is 0 Å².